The van der Waals surface area contributed by atoms with Crippen molar-refractivity contribution in [1.82, 2.24) is 4.31 Å². The fourth-order valence-corrected chi connectivity index (χ4v) is 12.2. The largest absolute Gasteiger partial charge is 0.393 e. The highest BCUT2D eigenvalue weighted by Gasteiger charge is 2.58. The van der Waals surface area contributed by atoms with Gasteiger partial charge in [0.15, 0.2) is 5.78 Å². The normalized spacial score (nSPS) is 22.7. The average molecular weight is 810 g/mol. The Bertz CT molecular complexity index is 2560. The summed E-state index contributed by atoms with van der Waals surface area (Å²) in [4.78, 5) is 15.1. The number of benzene rings is 5. The highest BCUT2D eigenvalue weighted by atomic mass is 32.2. The number of allylic oxidation sites excluding steroid dienone is 2. The standard InChI is InChI=1S/C50H51NO5S2/c1-35-13-11-28-49(2)46(27-29-50(49,54)34-51(58(55,56)47-22-12-30-57-47)33-39-18-10-17-37-16-6-7-19-41(37)39)43-26-24-36(31-40(52)25-23-35)32-45(43)48(53)44-21-9-8-20-42(44)38-14-4-3-5-15-38/h3-10,12-22,24,26,30,32,40,46,52,54H,11,23,25,27-29,31,33-34H2,1-2H3/t40-,46-,49-,50+/m0/s1. The van der Waals surface area contributed by atoms with Crippen LogP contribution >= 0.6 is 11.3 Å². The number of carbonyl (C=O) groups excluding carboxylic acids is 1. The molecule has 58 heavy (non-hydrogen) atoms. The molecule has 9 rings (SSSR count). The van der Waals surface area contributed by atoms with E-state index in [1.54, 1.807) is 17.5 Å². The second-order valence-corrected chi connectivity index (χ2v) is 19.6. The van der Waals surface area contributed by atoms with Gasteiger partial charge < -0.3 is 10.2 Å². The Hall–Kier alpha value is -4.70. The number of nitrogens with zero attached hydrogens (tertiary/aromatic N) is 1. The van der Waals surface area contributed by atoms with Crippen LogP contribution < -0.4 is 0 Å². The van der Waals surface area contributed by atoms with Gasteiger partial charge in [-0.1, -0.05) is 134 Å². The molecule has 0 spiro atoms. The van der Waals surface area contributed by atoms with Gasteiger partial charge in [-0.2, -0.15) is 4.31 Å². The van der Waals surface area contributed by atoms with Crippen molar-refractivity contribution in [3.8, 4) is 11.1 Å². The van der Waals surface area contributed by atoms with Gasteiger partial charge in [0.25, 0.3) is 10.0 Å². The van der Waals surface area contributed by atoms with Crippen molar-refractivity contribution in [3.63, 3.8) is 0 Å². The summed E-state index contributed by atoms with van der Waals surface area (Å²) in [6.45, 7) is 4.20. The minimum absolute atomic E-state index is 0.0979. The third-order valence-corrected chi connectivity index (χ3v) is 16.1. The molecule has 2 bridgehead atoms. The van der Waals surface area contributed by atoms with Gasteiger partial charge in [0, 0.05) is 29.6 Å². The first-order valence-electron chi connectivity index (χ1n) is 20.4. The molecular formula is C50H51NO5S2. The van der Waals surface area contributed by atoms with Gasteiger partial charge in [-0.25, -0.2) is 8.42 Å². The molecule has 3 aliphatic rings. The first kappa shape index (κ1) is 40.1. The Balaban J connectivity index is 1.25. The first-order valence-corrected chi connectivity index (χ1v) is 22.7. The molecule has 0 amide bonds. The number of aliphatic hydroxyl groups is 2. The zero-order valence-electron chi connectivity index (χ0n) is 33.2. The minimum atomic E-state index is -4.01. The third kappa shape index (κ3) is 7.76. The predicted molar refractivity (Wildman–Crippen MR) is 235 cm³/mol. The molecule has 2 N–H and O–H groups in total. The molecule has 5 aromatic carbocycles. The number of fused-ring (bicyclic) bond motifs is 9. The lowest BCUT2D eigenvalue weighted by Crippen LogP contribution is -2.53. The Labute approximate surface area is 346 Å². The molecular weight excluding hydrogens is 759 g/mol. The number of rotatable bonds is 9. The van der Waals surface area contributed by atoms with E-state index in [1.807, 2.05) is 115 Å². The SMILES string of the molecule is CC1=CCC[C@@]2(C)[C@@H](CC[C@@]2(O)CN(Cc2cccc3ccccc23)S(=O)(=O)c2cccs2)c2ccc(cc2C(=O)c2ccccc2-c2ccccc2)C[C@@H](O)CC1. The molecule has 1 saturated carbocycles. The van der Waals surface area contributed by atoms with Crippen LogP contribution in [0.1, 0.15) is 90.9 Å². The molecule has 4 atom stereocenters. The molecule has 0 unspecified atom stereocenters. The molecule has 1 heterocycles. The summed E-state index contributed by atoms with van der Waals surface area (Å²) in [6.07, 6.45) is 5.56. The van der Waals surface area contributed by atoms with E-state index < -0.39 is 27.1 Å². The number of ketones is 1. The van der Waals surface area contributed by atoms with E-state index in [1.165, 1.54) is 21.2 Å². The van der Waals surface area contributed by atoms with Crippen molar-refractivity contribution in [2.45, 2.75) is 87.2 Å². The molecule has 0 aliphatic heterocycles. The lowest BCUT2D eigenvalue weighted by molar-refractivity contribution is -0.0731. The maximum absolute atomic E-state index is 15.1. The van der Waals surface area contributed by atoms with E-state index in [4.69, 9.17) is 0 Å². The van der Waals surface area contributed by atoms with E-state index in [-0.39, 0.29) is 29.0 Å². The summed E-state index contributed by atoms with van der Waals surface area (Å²) in [5, 5.41) is 28.2. The topological polar surface area (TPSA) is 94.9 Å². The number of hydrogen-bond acceptors (Lipinski definition) is 6. The summed E-state index contributed by atoms with van der Waals surface area (Å²) in [5.41, 5.74) is 4.45. The summed E-state index contributed by atoms with van der Waals surface area (Å²) in [7, 11) is -4.01. The smallest absolute Gasteiger partial charge is 0.252 e. The van der Waals surface area contributed by atoms with Crippen molar-refractivity contribution in [1.29, 1.82) is 0 Å². The highest BCUT2D eigenvalue weighted by Crippen LogP contribution is 2.59. The monoisotopic (exact) mass is 809 g/mol. The second-order valence-electron chi connectivity index (χ2n) is 16.5. The van der Waals surface area contributed by atoms with Gasteiger partial charge in [0.05, 0.1) is 11.7 Å². The predicted octanol–water partition coefficient (Wildman–Crippen LogP) is 10.7. The minimum Gasteiger partial charge on any atom is -0.393 e. The Morgan fingerprint density at radius 1 is 0.845 bits per heavy atom. The van der Waals surface area contributed by atoms with Crippen LogP contribution in [0, 0.1) is 5.41 Å². The summed E-state index contributed by atoms with van der Waals surface area (Å²) in [5.74, 6) is -0.371. The molecule has 6 aromatic rings. The van der Waals surface area contributed by atoms with Gasteiger partial charge in [-0.3, -0.25) is 4.79 Å². The van der Waals surface area contributed by atoms with Crippen LogP contribution in [0.3, 0.4) is 0 Å². The number of hydrogen-bond donors (Lipinski definition) is 2. The van der Waals surface area contributed by atoms with Crippen molar-refractivity contribution in [2.75, 3.05) is 6.54 Å². The van der Waals surface area contributed by atoms with Crippen molar-refractivity contribution >= 4 is 37.9 Å². The molecule has 6 nitrogen and oxygen atoms in total. The second kappa shape index (κ2) is 16.5. The van der Waals surface area contributed by atoms with Crippen LogP contribution in [0.25, 0.3) is 21.9 Å². The molecule has 0 radical (unpaired) electrons. The van der Waals surface area contributed by atoms with E-state index in [0.717, 1.165) is 45.0 Å². The molecule has 8 heteroatoms. The van der Waals surface area contributed by atoms with E-state index in [9.17, 15) is 18.6 Å². The number of thiophene rings is 1. The summed E-state index contributed by atoms with van der Waals surface area (Å²) < 4.78 is 31.1. The van der Waals surface area contributed by atoms with Crippen LogP contribution in [0.2, 0.25) is 0 Å². The van der Waals surface area contributed by atoms with Crippen molar-refractivity contribution in [2.24, 2.45) is 5.41 Å². The van der Waals surface area contributed by atoms with E-state index in [2.05, 4.69) is 19.9 Å². The third-order valence-electron chi connectivity index (χ3n) is 12.9. The number of aliphatic hydroxyl groups excluding tert-OH is 1. The lowest BCUT2D eigenvalue weighted by atomic mass is 9.64. The quantitative estimate of drug-likeness (QED) is 0.112. The van der Waals surface area contributed by atoms with E-state index in [0.29, 0.717) is 49.7 Å². The fraction of sp³-hybridized carbons (Fsp3) is 0.300. The van der Waals surface area contributed by atoms with Gasteiger partial charge in [0.2, 0.25) is 0 Å². The maximum atomic E-state index is 15.1. The van der Waals surface area contributed by atoms with Gasteiger partial charge in [-0.15, -0.1) is 11.3 Å². The van der Waals surface area contributed by atoms with Crippen LogP contribution in [0.4, 0.5) is 0 Å². The van der Waals surface area contributed by atoms with Gasteiger partial charge >= 0.3 is 0 Å². The van der Waals surface area contributed by atoms with Crippen LogP contribution in [0.5, 0.6) is 0 Å². The average Bonchev–Trinajstić information content (AvgIpc) is 3.87. The Kier molecular flexibility index (Phi) is 11.4. The molecule has 298 valence electrons. The summed E-state index contributed by atoms with van der Waals surface area (Å²) >= 11 is 1.18. The van der Waals surface area contributed by atoms with Crippen LogP contribution in [0.15, 0.2) is 149 Å². The van der Waals surface area contributed by atoms with Crippen LogP contribution in [-0.4, -0.2) is 47.0 Å². The fourth-order valence-electron chi connectivity index (χ4n) is 9.57. The molecule has 1 fully saturated rings. The molecule has 1 aromatic heterocycles. The van der Waals surface area contributed by atoms with Crippen molar-refractivity contribution < 1.29 is 23.4 Å². The van der Waals surface area contributed by atoms with Gasteiger partial charge in [0.1, 0.15) is 4.21 Å². The number of sulfonamides is 1. The Morgan fingerprint density at radius 2 is 1.60 bits per heavy atom. The lowest BCUT2D eigenvalue weighted by Gasteiger charge is -2.46. The summed E-state index contributed by atoms with van der Waals surface area (Å²) in [6, 6.07) is 41.0. The van der Waals surface area contributed by atoms with Gasteiger partial charge in [-0.05, 0) is 114 Å². The van der Waals surface area contributed by atoms with E-state index >= 15 is 4.79 Å². The first-order chi connectivity index (χ1) is 28.0. The molecule has 3 aliphatic carbocycles. The molecule has 0 saturated heterocycles. The maximum Gasteiger partial charge on any atom is 0.252 e. The highest BCUT2D eigenvalue weighted by molar-refractivity contribution is 7.91. The zero-order chi connectivity index (χ0) is 40.5. The number of carbonyl (C=O) groups is 1. The van der Waals surface area contributed by atoms with Crippen LogP contribution in [-0.2, 0) is 23.0 Å². The van der Waals surface area contributed by atoms with Crippen molar-refractivity contribution in [3.05, 3.63) is 172 Å². The Morgan fingerprint density at radius 3 is 2.41 bits per heavy atom. The zero-order valence-corrected chi connectivity index (χ0v) is 34.8.